The maximum atomic E-state index is 5.88. The van der Waals surface area contributed by atoms with Crippen LogP contribution in [0.25, 0.3) is 22.4 Å². The first kappa shape index (κ1) is 13.5. The highest BCUT2D eigenvalue weighted by Crippen LogP contribution is 2.27. The standard InChI is InChI=1S/C17H20N4O/c1-12-6-8-21(9-7-12)11-16-19-20-17(22-16)14-10-18-15-5-3-2-4-13(14)15/h2-5,10,12,18H,6-9,11H2,1H3. The van der Waals surface area contributed by atoms with Crippen molar-refractivity contribution < 1.29 is 4.42 Å². The highest BCUT2D eigenvalue weighted by Gasteiger charge is 2.19. The van der Waals surface area contributed by atoms with Gasteiger partial charge in [0.1, 0.15) is 0 Å². The molecule has 5 nitrogen and oxygen atoms in total. The van der Waals surface area contributed by atoms with Crippen molar-refractivity contribution in [2.24, 2.45) is 5.92 Å². The second-order valence-corrected chi connectivity index (χ2v) is 6.21. The van der Waals surface area contributed by atoms with Crippen LogP contribution in [0.1, 0.15) is 25.7 Å². The molecule has 0 radical (unpaired) electrons. The smallest absolute Gasteiger partial charge is 0.249 e. The van der Waals surface area contributed by atoms with Crippen molar-refractivity contribution in [3.05, 3.63) is 36.4 Å². The van der Waals surface area contributed by atoms with E-state index in [1.165, 1.54) is 12.8 Å². The van der Waals surface area contributed by atoms with Crippen LogP contribution in [0.15, 0.2) is 34.9 Å². The van der Waals surface area contributed by atoms with Gasteiger partial charge in [-0.25, -0.2) is 0 Å². The molecule has 1 aromatic carbocycles. The van der Waals surface area contributed by atoms with E-state index in [9.17, 15) is 0 Å². The Balaban J connectivity index is 1.54. The molecule has 3 heterocycles. The maximum absolute atomic E-state index is 5.88. The third kappa shape index (κ3) is 2.52. The summed E-state index contributed by atoms with van der Waals surface area (Å²) in [6.45, 7) is 5.30. The molecule has 3 aromatic rings. The lowest BCUT2D eigenvalue weighted by Gasteiger charge is -2.28. The van der Waals surface area contributed by atoms with Gasteiger partial charge in [-0.05, 0) is 37.9 Å². The zero-order valence-corrected chi connectivity index (χ0v) is 12.7. The monoisotopic (exact) mass is 296 g/mol. The Labute approximate surface area is 129 Å². The zero-order chi connectivity index (χ0) is 14.9. The number of nitrogens with zero attached hydrogens (tertiary/aromatic N) is 3. The molecule has 4 rings (SSSR count). The number of H-pyrrole nitrogens is 1. The average Bonchev–Trinajstić information content (AvgIpc) is 3.16. The number of benzene rings is 1. The van der Waals surface area contributed by atoms with Crippen LogP contribution in [-0.2, 0) is 6.54 Å². The third-order valence-corrected chi connectivity index (χ3v) is 4.52. The zero-order valence-electron chi connectivity index (χ0n) is 12.7. The van der Waals surface area contributed by atoms with E-state index >= 15 is 0 Å². The first-order valence-corrected chi connectivity index (χ1v) is 7.91. The molecule has 0 amide bonds. The number of hydrogen-bond acceptors (Lipinski definition) is 4. The minimum absolute atomic E-state index is 0.595. The summed E-state index contributed by atoms with van der Waals surface area (Å²) < 4.78 is 5.88. The second-order valence-electron chi connectivity index (χ2n) is 6.21. The average molecular weight is 296 g/mol. The Bertz CT molecular complexity index is 768. The van der Waals surface area contributed by atoms with Crippen molar-refractivity contribution >= 4 is 10.9 Å². The molecule has 0 aliphatic carbocycles. The van der Waals surface area contributed by atoms with Gasteiger partial charge < -0.3 is 9.40 Å². The van der Waals surface area contributed by atoms with Crippen molar-refractivity contribution in [1.29, 1.82) is 0 Å². The normalized spacial score (nSPS) is 17.3. The van der Waals surface area contributed by atoms with Gasteiger partial charge in [0.25, 0.3) is 0 Å². The number of aromatic amines is 1. The van der Waals surface area contributed by atoms with Crippen molar-refractivity contribution in [1.82, 2.24) is 20.1 Å². The Morgan fingerprint density at radius 1 is 1.23 bits per heavy atom. The van der Waals surface area contributed by atoms with Gasteiger partial charge in [0, 0.05) is 17.1 Å². The predicted octanol–water partition coefficient (Wildman–Crippen LogP) is 3.45. The first-order chi connectivity index (χ1) is 10.8. The number of hydrogen-bond donors (Lipinski definition) is 1. The van der Waals surface area contributed by atoms with Crippen molar-refractivity contribution in [3.63, 3.8) is 0 Å². The van der Waals surface area contributed by atoms with Gasteiger partial charge in [0.2, 0.25) is 11.8 Å². The lowest BCUT2D eigenvalue weighted by atomic mass is 9.99. The summed E-state index contributed by atoms with van der Waals surface area (Å²) in [6.07, 6.45) is 4.44. The SMILES string of the molecule is CC1CCN(Cc2nnc(-c3c[nH]c4ccccc34)o2)CC1. The molecule has 1 saturated heterocycles. The Morgan fingerprint density at radius 2 is 2.05 bits per heavy atom. The van der Waals surface area contributed by atoms with E-state index in [0.29, 0.717) is 11.8 Å². The van der Waals surface area contributed by atoms with Gasteiger partial charge >= 0.3 is 0 Å². The predicted molar refractivity (Wildman–Crippen MR) is 85.3 cm³/mol. The molecule has 0 unspecified atom stereocenters. The van der Waals surface area contributed by atoms with Crippen molar-refractivity contribution in [3.8, 4) is 11.5 Å². The Kier molecular flexibility index (Phi) is 3.42. The number of likely N-dealkylation sites (tertiary alicyclic amines) is 1. The molecular formula is C17H20N4O. The summed E-state index contributed by atoms with van der Waals surface area (Å²) in [5.74, 6) is 2.13. The van der Waals surface area contributed by atoms with Crippen LogP contribution in [0.5, 0.6) is 0 Å². The van der Waals surface area contributed by atoms with Crippen LogP contribution >= 0.6 is 0 Å². The van der Waals surface area contributed by atoms with Crippen molar-refractivity contribution in [2.75, 3.05) is 13.1 Å². The fourth-order valence-corrected chi connectivity index (χ4v) is 3.09. The molecule has 5 heteroatoms. The molecule has 0 spiro atoms. The van der Waals surface area contributed by atoms with Crippen molar-refractivity contribution in [2.45, 2.75) is 26.3 Å². The lowest BCUT2D eigenvalue weighted by molar-refractivity contribution is 0.171. The highest BCUT2D eigenvalue weighted by molar-refractivity contribution is 5.93. The van der Waals surface area contributed by atoms with Crippen LogP contribution in [0.2, 0.25) is 0 Å². The number of rotatable bonds is 3. The molecule has 1 fully saturated rings. The summed E-state index contributed by atoms with van der Waals surface area (Å²) in [5.41, 5.74) is 2.06. The maximum Gasteiger partial charge on any atom is 0.249 e. The van der Waals surface area contributed by atoms with Crippen LogP contribution in [0.4, 0.5) is 0 Å². The fourth-order valence-electron chi connectivity index (χ4n) is 3.09. The minimum atomic E-state index is 0.595. The molecule has 22 heavy (non-hydrogen) atoms. The number of aromatic nitrogens is 3. The lowest BCUT2D eigenvalue weighted by Crippen LogP contribution is -2.32. The van der Waals surface area contributed by atoms with E-state index in [2.05, 4.69) is 33.1 Å². The summed E-state index contributed by atoms with van der Waals surface area (Å²) in [7, 11) is 0. The van der Waals surface area contributed by atoms with Crippen LogP contribution in [-0.4, -0.2) is 33.2 Å². The van der Waals surface area contributed by atoms with E-state index < -0.39 is 0 Å². The number of piperidine rings is 1. The first-order valence-electron chi connectivity index (χ1n) is 7.91. The number of para-hydroxylation sites is 1. The largest absolute Gasteiger partial charge is 0.419 e. The van der Waals surface area contributed by atoms with Gasteiger partial charge in [-0.3, -0.25) is 4.90 Å². The molecule has 114 valence electrons. The summed E-state index contributed by atoms with van der Waals surface area (Å²) >= 11 is 0. The highest BCUT2D eigenvalue weighted by atomic mass is 16.4. The van der Waals surface area contributed by atoms with E-state index in [4.69, 9.17) is 4.42 Å². The minimum Gasteiger partial charge on any atom is -0.419 e. The Morgan fingerprint density at radius 3 is 2.91 bits per heavy atom. The molecule has 1 N–H and O–H groups in total. The number of fused-ring (bicyclic) bond motifs is 1. The van der Waals surface area contributed by atoms with Gasteiger partial charge in [0.05, 0.1) is 12.1 Å². The van der Waals surface area contributed by atoms with Gasteiger partial charge in [-0.2, -0.15) is 0 Å². The summed E-state index contributed by atoms with van der Waals surface area (Å²) in [4.78, 5) is 5.64. The Hall–Kier alpha value is -2.14. The van der Waals surface area contributed by atoms with Gasteiger partial charge in [0.15, 0.2) is 0 Å². The molecule has 0 atom stereocenters. The molecule has 0 bridgehead atoms. The van der Waals surface area contributed by atoms with Crippen LogP contribution in [0, 0.1) is 5.92 Å². The van der Waals surface area contributed by atoms with E-state index in [0.717, 1.165) is 42.0 Å². The topological polar surface area (TPSA) is 58.0 Å². The second kappa shape index (κ2) is 5.57. The quantitative estimate of drug-likeness (QED) is 0.804. The third-order valence-electron chi connectivity index (χ3n) is 4.52. The number of nitrogens with one attached hydrogen (secondary N) is 1. The van der Waals surface area contributed by atoms with Crippen LogP contribution in [0.3, 0.4) is 0 Å². The van der Waals surface area contributed by atoms with E-state index in [-0.39, 0.29) is 0 Å². The summed E-state index contributed by atoms with van der Waals surface area (Å²) in [5, 5.41) is 9.56. The summed E-state index contributed by atoms with van der Waals surface area (Å²) in [6, 6.07) is 8.15. The van der Waals surface area contributed by atoms with Gasteiger partial charge in [-0.15, -0.1) is 10.2 Å². The molecule has 1 aliphatic rings. The van der Waals surface area contributed by atoms with E-state index in [1.54, 1.807) is 0 Å². The van der Waals surface area contributed by atoms with Crippen LogP contribution < -0.4 is 0 Å². The van der Waals surface area contributed by atoms with E-state index in [1.807, 2.05) is 24.4 Å². The molecular weight excluding hydrogens is 276 g/mol. The molecule has 1 aliphatic heterocycles. The molecule has 2 aromatic heterocycles. The molecule has 0 saturated carbocycles. The fraction of sp³-hybridized carbons (Fsp3) is 0.412. The van der Waals surface area contributed by atoms with Gasteiger partial charge in [-0.1, -0.05) is 25.1 Å².